The lowest BCUT2D eigenvalue weighted by atomic mass is 9.67. The fraction of sp³-hybridized carbons (Fsp3) is 0.588. The molecule has 128 valence electrons. The van der Waals surface area contributed by atoms with Crippen molar-refractivity contribution < 1.29 is 14.6 Å². The number of ether oxygens (including phenoxy) is 1. The number of urea groups is 1. The molecule has 1 saturated carbocycles. The standard InChI is InChI=1S/C17H25ClN2O3/c1-23-10-9-17(7-2-8-17)12-19-16(22)20-15(11-21)13-3-5-14(18)6-4-13/h3-6,15,21H,2,7-12H2,1H3,(H2,19,20,22). The first kappa shape index (κ1) is 18.0. The number of aliphatic hydroxyl groups excluding tert-OH is 1. The van der Waals surface area contributed by atoms with Crippen molar-refractivity contribution in [1.29, 1.82) is 0 Å². The van der Waals surface area contributed by atoms with E-state index in [2.05, 4.69) is 10.6 Å². The van der Waals surface area contributed by atoms with Crippen LogP contribution in [0.2, 0.25) is 5.02 Å². The Morgan fingerprint density at radius 1 is 1.39 bits per heavy atom. The summed E-state index contributed by atoms with van der Waals surface area (Å²) in [7, 11) is 1.70. The van der Waals surface area contributed by atoms with Crippen molar-refractivity contribution in [2.45, 2.75) is 31.7 Å². The molecule has 1 aromatic carbocycles. The molecule has 3 N–H and O–H groups in total. The number of hydrogen-bond acceptors (Lipinski definition) is 3. The number of aliphatic hydroxyl groups is 1. The maximum Gasteiger partial charge on any atom is 0.315 e. The second-order valence-corrected chi connectivity index (χ2v) is 6.65. The third-order valence-corrected chi connectivity index (χ3v) is 4.89. The summed E-state index contributed by atoms with van der Waals surface area (Å²) in [6, 6.07) is 6.39. The van der Waals surface area contributed by atoms with Crippen LogP contribution in [0.3, 0.4) is 0 Å². The van der Waals surface area contributed by atoms with Crippen LogP contribution in [-0.4, -0.2) is 38.0 Å². The van der Waals surface area contributed by atoms with Gasteiger partial charge in [0.25, 0.3) is 0 Å². The molecule has 1 aliphatic rings. The third-order valence-electron chi connectivity index (χ3n) is 4.63. The molecule has 0 bridgehead atoms. The van der Waals surface area contributed by atoms with Gasteiger partial charge in [-0.05, 0) is 42.4 Å². The molecule has 5 nitrogen and oxygen atoms in total. The van der Waals surface area contributed by atoms with E-state index in [1.54, 1.807) is 31.4 Å². The van der Waals surface area contributed by atoms with E-state index in [4.69, 9.17) is 16.3 Å². The van der Waals surface area contributed by atoms with Crippen LogP contribution >= 0.6 is 11.6 Å². The molecule has 1 aliphatic carbocycles. The molecular formula is C17H25ClN2O3. The van der Waals surface area contributed by atoms with Gasteiger partial charge < -0.3 is 20.5 Å². The fourth-order valence-corrected chi connectivity index (χ4v) is 3.04. The van der Waals surface area contributed by atoms with Gasteiger partial charge in [-0.25, -0.2) is 4.79 Å². The molecule has 0 saturated heterocycles. The largest absolute Gasteiger partial charge is 0.394 e. The number of rotatable bonds is 8. The highest BCUT2D eigenvalue weighted by atomic mass is 35.5. The minimum atomic E-state index is -0.441. The first-order chi connectivity index (χ1) is 11.1. The summed E-state index contributed by atoms with van der Waals surface area (Å²) in [5.41, 5.74) is 0.993. The second-order valence-electron chi connectivity index (χ2n) is 6.21. The third kappa shape index (κ3) is 5.09. The zero-order valence-corrected chi connectivity index (χ0v) is 14.2. The molecule has 1 aromatic rings. The maximum absolute atomic E-state index is 12.1. The van der Waals surface area contributed by atoms with Gasteiger partial charge in [0.05, 0.1) is 12.6 Å². The Hall–Kier alpha value is -1.30. The molecule has 0 aromatic heterocycles. The number of carbonyl (C=O) groups is 1. The van der Waals surface area contributed by atoms with Gasteiger partial charge in [0.1, 0.15) is 0 Å². The summed E-state index contributed by atoms with van der Waals surface area (Å²) in [6.45, 7) is 1.19. The summed E-state index contributed by atoms with van der Waals surface area (Å²) in [6.07, 6.45) is 4.41. The number of benzene rings is 1. The minimum absolute atomic E-state index is 0.163. The van der Waals surface area contributed by atoms with Gasteiger partial charge in [-0.1, -0.05) is 30.2 Å². The van der Waals surface area contributed by atoms with Gasteiger partial charge in [-0.3, -0.25) is 0 Å². The number of carbonyl (C=O) groups excluding carboxylic acids is 1. The van der Waals surface area contributed by atoms with Crippen LogP contribution in [0.15, 0.2) is 24.3 Å². The van der Waals surface area contributed by atoms with Crippen LogP contribution in [0.4, 0.5) is 4.79 Å². The van der Waals surface area contributed by atoms with E-state index in [0.717, 1.165) is 24.8 Å². The first-order valence-electron chi connectivity index (χ1n) is 7.98. The highest BCUT2D eigenvalue weighted by Gasteiger charge is 2.36. The highest BCUT2D eigenvalue weighted by molar-refractivity contribution is 6.30. The Morgan fingerprint density at radius 3 is 2.61 bits per heavy atom. The Balaban J connectivity index is 1.84. The van der Waals surface area contributed by atoms with E-state index in [1.807, 2.05) is 0 Å². The Labute approximate surface area is 142 Å². The van der Waals surface area contributed by atoms with Crippen molar-refractivity contribution in [2.24, 2.45) is 5.41 Å². The van der Waals surface area contributed by atoms with Crippen molar-refractivity contribution in [3.05, 3.63) is 34.9 Å². The Morgan fingerprint density at radius 2 is 2.09 bits per heavy atom. The monoisotopic (exact) mass is 340 g/mol. The smallest absolute Gasteiger partial charge is 0.315 e. The van der Waals surface area contributed by atoms with Gasteiger partial charge in [0.15, 0.2) is 0 Å². The lowest BCUT2D eigenvalue weighted by Crippen LogP contribution is -2.47. The predicted octanol–water partition coefficient (Wildman–Crippen LogP) is 2.88. The molecule has 6 heteroatoms. The van der Waals surface area contributed by atoms with E-state index in [-0.39, 0.29) is 18.1 Å². The molecule has 1 unspecified atom stereocenters. The van der Waals surface area contributed by atoms with Crippen LogP contribution in [0.25, 0.3) is 0 Å². The molecule has 1 atom stereocenters. The lowest BCUT2D eigenvalue weighted by Gasteiger charge is -2.42. The van der Waals surface area contributed by atoms with E-state index in [1.165, 1.54) is 6.42 Å². The molecule has 1 fully saturated rings. The molecule has 0 heterocycles. The molecule has 0 spiro atoms. The molecule has 2 rings (SSSR count). The number of hydrogen-bond donors (Lipinski definition) is 3. The molecular weight excluding hydrogens is 316 g/mol. The van der Waals surface area contributed by atoms with E-state index < -0.39 is 6.04 Å². The molecule has 0 aliphatic heterocycles. The number of methoxy groups -OCH3 is 1. The van der Waals surface area contributed by atoms with Crippen LogP contribution in [0.5, 0.6) is 0 Å². The quantitative estimate of drug-likeness (QED) is 0.681. The Kier molecular flexibility index (Phi) is 6.69. The van der Waals surface area contributed by atoms with Crippen LogP contribution < -0.4 is 10.6 Å². The van der Waals surface area contributed by atoms with Gasteiger partial charge in [0, 0.05) is 25.3 Å². The second kappa shape index (κ2) is 8.52. The SMILES string of the molecule is COCCC1(CNC(=O)NC(CO)c2ccc(Cl)cc2)CCC1. The fourth-order valence-electron chi connectivity index (χ4n) is 2.92. The van der Waals surface area contributed by atoms with Gasteiger partial charge in [-0.2, -0.15) is 0 Å². The number of amides is 2. The molecule has 2 amide bonds. The van der Waals surface area contributed by atoms with Gasteiger partial charge in [-0.15, -0.1) is 0 Å². The average molecular weight is 341 g/mol. The zero-order chi connectivity index (χ0) is 16.7. The van der Waals surface area contributed by atoms with Crippen molar-refractivity contribution >= 4 is 17.6 Å². The summed E-state index contributed by atoms with van der Waals surface area (Å²) < 4.78 is 5.16. The van der Waals surface area contributed by atoms with Gasteiger partial charge in [0.2, 0.25) is 0 Å². The summed E-state index contributed by atoms with van der Waals surface area (Å²) in [5.74, 6) is 0. The van der Waals surface area contributed by atoms with Crippen LogP contribution in [0, 0.1) is 5.41 Å². The van der Waals surface area contributed by atoms with Crippen molar-refractivity contribution in [3.63, 3.8) is 0 Å². The predicted molar refractivity (Wildman–Crippen MR) is 90.6 cm³/mol. The van der Waals surface area contributed by atoms with E-state index in [0.29, 0.717) is 18.2 Å². The van der Waals surface area contributed by atoms with Crippen molar-refractivity contribution in [1.82, 2.24) is 10.6 Å². The van der Waals surface area contributed by atoms with Crippen molar-refractivity contribution in [2.75, 3.05) is 26.9 Å². The number of nitrogens with one attached hydrogen (secondary N) is 2. The lowest BCUT2D eigenvalue weighted by molar-refractivity contribution is 0.0709. The minimum Gasteiger partial charge on any atom is -0.394 e. The molecule has 0 radical (unpaired) electrons. The Bertz CT molecular complexity index is 503. The maximum atomic E-state index is 12.1. The summed E-state index contributed by atoms with van der Waals surface area (Å²) >= 11 is 5.86. The normalized spacial score (nSPS) is 17.2. The summed E-state index contributed by atoms with van der Waals surface area (Å²) in [5, 5.41) is 15.9. The van der Waals surface area contributed by atoms with Crippen molar-refractivity contribution in [3.8, 4) is 0 Å². The highest BCUT2D eigenvalue weighted by Crippen LogP contribution is 2.43. The number of halogens is 1. The molecule has 23 heavy (non-hydrogen) atoms. The topological polar surface area (TPSA) is 70.6 Å². The van der Waals surface area contributed by atoms with E-state index in [9.17, 15) is 9.90 Å². The van der Waals surface area contributed by atoms with Gasteiger partial charge >= 0.3 is 6.03 Å². The first-order valence-corrected chi connectivity index (χ1v) is 8.36. The van der Waals surface area contributed by atoms with Crippen LogP contribution in [0.1, 0.15) is 37.3 Å². The zero-order valence-electron chi connectivity index (χ0n) is 13.5. The summed E-state index contributed by atoms with van der Waals surface area (Å²) in [4.78, 5) is 12.1. The van der Waals surface area contributed by atoms with Crippen LogP contribution in [-0.2, 0) is 4.74 Å². The average Bonchev–Trinajstić information content (AvgIpc) is 2.52. The van der Waals surface area contributed by atoms with E-state index >= 15 is 0 Å².